The second-order valence-corrected chi connectivity index (χ2v) is 5.69. The van der Waals surface area contributed by atoms with Gasteiger partial charge in [0.05, 0.1) is 18.9 Å². The molecule has 0 radical (unpaired) electrons. The zero-order valence-corrected chi connectivity index (χ0v) is 12.1. The first kappa shape index (κ1) is 14.3. The summed E-state index contributed by atoms with van der Waals surface area (Å²) >= 11 is 0.564. The first-order chi connectivity index (χ1) is 10.2. The van der Waals surface area contributed by atoms with E-state index in [2.05, 4.69) is 11.4 Å². The van der Waals surface area contributed by atoms with Gasteiger partial charge in [0, 0.05) is 12.1 Å². The van der Waals surface area contributed by atoms with Crippen molar-refractivity contribution in [3.05, 3.63) is 47.4 Å². The van der Waals surface area contributed by atoms with Gasteiger partial charge >= 0.3 is 0 Å². The van der Waals surface area contributed by atoms with Crippen LogP contribution in [0.4, 0.5) is 14.5 Å². The molecule has 0 atom stereocenters. The molecule has 1 aromatic heterocycles. The molecule has 1 aromatic carbocycles. The van der Waals surface area contributed by atoms with Gasteiger partial charge in [-0.15, -0.1) is 0 Å². The van der Waals surface area contributed by atoms with E-state index in [-0.39, 0.29) is 5.75 Å². The number of hydrogen-bond acceptors (Lipinski definition) is 4. The molecular weight excluding hydrogens is 296 g/mol. The minimum atomic E-state index is -2.37. The molecule has 0 unspecified atom stereocenters. The van der Waals surface area contributed by atoms with Crippen molar-refractivity contribution >= 4 is 17.4 Å². The highest BCUT2D eigenvalue weighted by Gasteiger charge is 2.12. The fourth-order valence-corrected chi connectivity index (χ4v) is 2.67. The van der Waals surface area contributed by atoms with E-state index >= 15 is 0 Å². The van der Waals surface area contributed by atoms with Gasteiger partial charge in [0.25, 0.3) is 5.76 Å². The molecular formula is C15H15F2NO2S. The number of furan rings is 1. The Balaban J connectivity index is 1.55. The molecule has 1 aliphatic heterocycles. The number of thioether (sulfide) groups is 1. The number of halogens is 2. The smallest absolute Gasteiger partial charge is 0.284 e. The maximum Gasteiger partial charge on any atom is 0.284 e. The van der Waals surface area contributed by atoms with Crippen molar-refractivity contribution in [2.24, 2.45) is 0 Å². The third kappa shape index (κ3) is 3.69. The van der Waals surface area contributed by atoms with Crippen LogP contribution in [0.5, 0.6) is 5.75 Å². The molecule has 3 nitrogen and oxygen atoms in total. The van der Waals surface area contributed by atoms with Crippen LogP contribution >= 0.6 is 11.8 Å². The average molecular weight is 311 g/mol. The molecule has 1 aliphatic rings. The predicted octanol–water partition coefficient (Wildman–Crippen LogP) is 4.28. The minimum Gasteiger partial charge on any atom is -0.493 e. The van der Waals surface area contributed by atoms with Gasteiger partial charge in [-0.1, -0.05) is 11.8 Å². The second-order valence-electron chi connectivity index (χ2n) is 4.71. The standard InChI is InChI=1S/C15H15F2NO2S/c16-15(17)21-9-13-3-2-12(20-13)8-18-11-1-4-14-10(7-11)5-6-19-14/h1-4,7,15,18H,5-6,8-9H2. The summed E-state index contributed by atoms with van der Waals surface area (Å²) in [6.45, 7) is 1.27. The van der Waals surface area contributed by atoms with Crippen molar-refractivity contribution in [3.8, 4) is 5.75 Å². The van der Waals surface area contributed by atoms with E-state index in [4.69, 9.17) is 9.15 Å². The number of benzene rings is 1. The van der Waals surface area contributed by atoms with E-state index in [1.165, 1.54) is 5.56 Å². The maximum atomic E-state index is 12.1. The van der Waals surface area contributed by atoms with Gasteiger partial charge in [-0.25, -0.2) is 0 Å². The molecule has 6 heteroatoms. The normalized spacial score (nSPS) is 13.3. The Morgan fingerprint density at radius 3 is 2.90 bits per heavy atom. The highest BCUT2D eigenvalue weighted by atomic mass is 32.2. The Hall–Kier alpha value is -1.69. The Morgan fingerprint density at radius 2 is 2.05 bits per heavy atom. The van der Waals surface area contributed by atoms with Gasteiger partial charge in [0.1, 0.15) is 17.3 Å². The molecule has 0 bridgehead atoms. The fraction of sp³-hybridized carbons (Fsp3) is 0.333. The number of hydrogen-bond donors (Lipinski definition) is 1. The van der Waals surface area contributed by atoms with E-state index in [9.17, 15) is 8.78 Å². The number of alkyl halides is 2. The van der Waals surface area contributed by atoms with E-state index in [1.807, 2.05) is 18.2 Å². The molecule has 0 aliphatic carbocycles. The number of nitrogens with one attached hydrogen (secondary N) is 1. The lowest BCUT2D eigenvalue weighted by Gasteiger charge is -2.06. The van der Waals surface area contributed by atoms with Gasteiger partial charge < -0.3 is 14.5 Å². The zero-order valence-electron chi connectivity index (χ0n) is 11.3. The van der Waals surface area contributed by atoms with E-state index in [0.717, 1.165) is 30.2 Å². The van der Waals surface area contributed by atoms with Crippen LogP contribution in [0.1, 0.15) is 17.1 Å². The lowest BCUT2D eigenvalue weighted by molar-refractivity contribution is 0.251. The molecule has 0 fully saturated rings. The minimum absolute atomic E-state index is 0.188. The van der Waals surface area contributed by atoms with Crippen LogP contribution in [0.2, 0.25) is 0 Å². The lowest BCUT2D eigenvalue weighted by Crippen LogP contribution is -1.98. The van der Waals surface area contributed by atoms with Crippen LogP contribution in [0.3, 0.4) is 0 Å². The van der Waals surface area contributed by atoms with Crippen LogP contribution < -0.4 is 10.1 Å². The Bertz CT molecular complexity index is 615. The molecule has 0 saturated heterocycles. The van der Waals surface area contributed by atoms with Gasteiger partial charge in [0.2, 0.25) is 0 Å². The summed E-state index contributed by atoms with van der Waals surface area (Å²) in [6, 6.07) is 9.53. The number of fused-ring (bicyclic) bond motifs is 1. The van der Waals surface area contributed by atoms with Crippen molar-refractivity contribution in [1.82, 2.24) is 0 Å². The van der Waals surface area contributed by atoms with Crippen molar-refractivity contribution in [3.63, 3.8) is 0 Å². The first-order valence-corrected chi connectivity index (χ1v) is 7.72. The van der Waals surface area contributed by atoms with E-state index in [1.54, 1.807) is 6.07 Å². The summed E-state index contributed by atoms with van der Waals surface area (Å²) in [5, 5.41) is 3.26. The van der Waals surface area contributed by atoms with Crippen molar-refractivity contribution < 1.29 is 17.9 Å². The molecule has 2 heterocycles. The molecule has 112 valence electrons. The molecule has 0 amide bonds. The van der Waals surface area contributed by atoms with Crippen molar-refractivity contribution in [2.75, 3.05) is 11.9 Å². The fourth-order valence-electron chi connectivity index (χ4n) is 2.23. The van der Waals surface area contributed by atoms with Gasteiger partial charge in [-0.05, 0) is 35.9 Å². The Morgan fingerprint density at radius 1 is 1.19 bits per heavy atom. The van der Waals surface area contributed by atoms with Crippen molar-refractivity contribution in [2.45, 2.75) is 24.5 Å². The van der Waals surface area contributed by atoms with Crippen LogP contribution in [-0.2, 0) is 18.7 Å². The highest BCUT2D eigenvalue weighted by Crippen LogP contribution is 2.28. The highest BCUT2D eigenvalue weighted by molar-refractivity contribution is 7.98. The largest absolute Gasteiger partial charge is 0.493 e. The van der Waals surface area contributed by atoms with Gasteiger partial charge in [0.15, 0.2) is 0 Å². The first-order valence-electron chi connectivity index (χ1n) is 6.67. The third-order valence-corrected chi connectivity index (χ3v) is 3.93. The molecule has 2 aromatic rings. The molecule has 1 N–H and O–H groups in total. The zero-order chi connectivity index (χ0) is 14.7. The van der Waals surface area contributed by atoms with E-state index < -0.39 is 5.76 Å². The summed E-state index contributed by atoms with van der Waals surface area (Å²) in [7, 11) is 0. The summed E-state index contributed by atoms with van der Waals surface area (Å²) in [5.41, 5.74) is 2.20. The summed E-state index contributed by atoms with van der Waals surface area (Å²) < 4.78 is 35.2. The van der Waals surface area contributed by atoms with E-state index in [0.29, 0.717) is 24.1 Å². The van der Waals surface area contributed by atoms with Crippen LogP contribution in [-0.4, -0.2) is 12.4 Å². The van der Waals surface area contributed by atoms with Gasteiger partial charge in [-0.3, -0.25) is 0 Å². The quantitative estimate of drug-likeness (QED) is 0.863. The molecule has 0 spiro atoms. The topological polar surface area (TPSA) is 34.4 Å². The Labute approximate surface area is 125 Å². The lowest BCUT2D eigenvalue weighted by atomic mass is 10.1. The summed E-state index contributed by atoms with van der Waals surface area (Å²) in [4.78, 5) is 0. The number of ether oxygens (including phenoxy) is 1. The summed E-state index contributed by atoms with van der Waals surface area (Å²) in [5.74, 6) is 0.0691. The van der Waals surface area contributed by atoms with Gasteiger partial charge in [-0.2, -0.15) is 8.78 Å². The van der Waals surface area contributed by atoms with Crippen molar-refractivity contribution in [1.29, 1.82) is 0 Å². The molecule has 0 saturated carbocycles. The van der Waals surface area contributed by atoms with Crippen LogP contribution in [0, 0.1) is 0 Å². The number of rotatable bonds is 6. The SMILES string of the molecule is FC(F)SCc1ccc(CNc2ccc3c(c2)CCO3)o1. The summed E-state index contributed by atoms with van der Waals surface area (Å²) in [6.07, 6.45) is 0.931. The van der Waals surface area contributed by atoms with Crippen LogP contribution in [0.15, 0.2) is 34.7 Å². The van der Waals surface area contributed by atoms with Crippen LogP contribution in [0.25, 0.3) is 0 Å². The Kier molecular flexibility index (Phi) is 4.34. The monoisotopic (exact) mass is 311 g/mol. The third-order valence-electron chi connectivity index (χ3n) is 3.23. The second kappa shape index (κ2) is 6.39. The molecule has 3 rings (SSSR count). The average Bonchev–Trinajstić information content (AvgIpc) is 3.11. The number of anilines is 1. The maximum absolute atomic E-state index is 12.1. The predicted molar refractivity (Wildman–Crippen MR) is 79.0 cm³/mol. The molecule has 21 heavy (non-hydrogen) atoms.